The lowest BCUT2D eigenvalue weighted by Gasteiger charge is -2.05. The lowest BCUT2D eigenvalue weighted by atomic mass is 10.2. The zero-order valence-electron chi connectivity index (χ0n) is 10.4. The summed E-state index contributed by atoms with van der Waals surface area (Å²) in [5.74, 6) is -1.84. The van der Waals surface area contributed by atoms with Gasteiger partial charge in [0.1, 0.15) is 11.4 Å². The van der Waals surface area contributed by atoms with Crippen molar-refractivity contribution in [2.75, 3.05) is 0 Å². The molecule has 0 atom stereocenters. The Morgan fingerprint density at radius 2 is 2.20 bits per heavy atom. The molecule has 1 N–H and O–H groups in total. The molecule has 0 unspecified atom stereocenters. The minimum atomic E-state index is -1.11. The van der Waals surface area contributed by atoms with E-state index in [2.05, 4.69) is 5.10 Å². The molecule has 1 aromatic heterocycles. The fraction of sp³-hybridized carbons (Fsp3) is 0.167. The molecular formula is C12H10FN3O4. The molecule has 0 fully saturated rings. The number of aromatic carboxylic acids is 1. The topological polar surface area (TPSA) is 98.3 Å². The number of halogens is 1. The van der Waals surface area contributed by atoms with Crippen molar-refractivity contribution in [2.45, 2.75) is 13.5 Å². The van der Waals surface area contributed by atoms with Gasteiger partial charge in [0, 0.05) is 6.07 Å². The van der Waals surface area contributed by atoms with Gasteiger partial charge in [0.15, 0.2) is 0 Å². The Labute approximate surface area is 112 Å². The zero-order chi connectivity index (χ0) is 14.9. The van der Waals surface area contributed by atoms with E-state index >= 15 is 0 Å². The molecule has 20 heavy (non-hydrogen) atoms. The largest absolute Gasteiger partial charge is 0.478 e. The summed E-state index contributed by atoms with van der Waals surface area (Å²) < 4.78 is 14.6. The van der Waals surface area contributed by atoms with Crippen LogP contribution in [0.4, 0.5) is 10.1 Å². The number of aromatic nitrogens is 2. The number of carbonyl (C=O) groups is 1. The molecule has 2 rings (SSSR count). The number of hydrogen-bond acceptors (Lipinski definition) is 4. The normalized spacial score (nSPS) is 10.5. The number of nitro benzene ring substituents is 1. The van der Waals surface area contributed by atoms with Crippen LogP contribution in [0.1, 0.15) is 21.6 Å². The van der Waals surface area contributed by atoms with Crippen molar-refractivity contribution in [1.82, 2.24) is 9.78 Å². The number of nitrogens with zero attached hydrogens (tertiary/aromatic N) is 3. The van der Waals surface area contributed by atoms with E-state index in [1.54, 1.807) is 6.92 Å². The molecule has 8 heteroatoms. The van der Waals surface area contributed by atoms with Gasteiger partial charge in [-0.2, -0.15) is 5.10 Å². The molecule has 0 radical (unpaired) electrons. The molecule has 0 bridgehead atoms. The van der Waals surface area contributed by atoms with Crippen molar-refractivity contribution in [2.24, 2.45) is 0 Å². The number of carboxylic acids is 1. The summed E-state index contributed by atoms with van der Waals surface area (Å²) in [6.45, 7) is 1.61. The van der Waals surface area contributed by atoms with Gasteiger partial charge in [-0.05, 0) is 18.6 Å². The van der Waals surface area contributed by atoms with E-state index in [4.69, 9.17) is 5.11 Å². The number of nitro groups is 1. The average molecular weight is 279 g/mol. The maximum atomic E-state index is 13.3. The first-order valence-electron chi connectivity index (χ1n) is 5.58. The van der Waals surface area contributed by atoms with Crippen molar-refractivity contribution in [3.05, 3.63) is 57.1 Å². The molecule has 7 nitrogen and oxygen atoms in total. The Balaban J connectivity index is 2.35. The smallest absolute Gasteiger partial charge is 0.339 e. The van der Waals surface area contributed by atoms with Gasteiger partial charge >= 0.3 is 5.97 Å². The van der Waals surface area contributed by atoms with E-state index in [1.807, 2.05) is 0 Å². The lowest BCUT2D eigenvalue weighted by molar-refractivity contribution is -0.385. The molecule has 0 saturated carbocycles. The quantitative estimate of drug-likeness (QED) is 0.681. The summed E-state index contributed by atoms with van der Waals surface area (Å²) in [6, 6.07) is 3.20. The van der Waals surface area contributed by atoms with Crippen LogP contribution in [-0.2, 0) is 6.54 Å². The SMILES string of the molecule is Cc1c(C(=O)O)cnn1Cc1cc(F)cc([N+](=O)[O-])c1. The van der Waals surface area contributed by atoms with Crippen LogP contribution < -0.4 is 0 Å². The summed E-state index contributed by atoms with van der Waals surface area (Å²) in [7, 11) is 0. The molecule has 0 amide bonds. The molecule has 104 valence electrons. The maximum absolute atomic E-state index is 13.3. The molecule has 1 aromatic carbocycles. The highest BCUT2D eigenvalue weighted by Crippen LogP contribution is 2.18. The van der Waals surface area contributed by atoms with Crippen LogP contribution in [0.3, 0.4) is 0 Å². The van der Waals surface area contributed by atoms with Gasteiger partial charge in [-0.1, -0.05) is 0 Å². The van der Waals surface area contributed by atoms with Gasteiger partial charge in [-0.25, -0.2) is 9.18 Å². The predicted molar refractivity (Wildman–Crippen MR) is 66.1 cm³/mol. The number of carboxylic acid groups (broad SMARTS) is 1. The van der Waals surface area contributed by atoms with E-state index in [0.717, 1.165) is 12.1 Å². The number of non-ortho nitro benzene ring substituents is 1. The van der Waals surface area contributed by atoms with E-state index in [0.29, 0.717) is 11.3 Å². The van der Waals surface area contributed by atoms with E-state index < -0.39 is 16.7 Å². The van der Waals surface area contributed by atoms with Crippen molar-refractivity contribution in [3.63, 3.8) is 0 Å². The standard InChI is InChI=1S/C12H10FN3O4/c1-7-11(12(17)18)5-14-15(7)6-8-2-9(13)4-10(3-8)16(19)20/h2-5H,6H2,1H3,(H,17,18). The van der Waals surface area contributed by atoms with Gasteiger partial charge < -0.3 is 5.11 Å². The minimum Gasteiger partial charge on any atom is -0.478 e. The van der Waals surface area contributed by atoms with Crippen molar-refractivity contribution < 1.29 is 19.2 Å². The first-order chi connectivity index (χ1) is 9.38. The zero-order valence-corrected chi connectivity index (χ0v) is 10.4. The van der Waals surface area contributed by atoms with Crippen LogP contribution in [0.25, 0.3) is 0 Å². The summed E-state index contributed by atoms with van der Waals surface area (Å²) in [6.07, 6.45) is 1.19. The van der Waals surface area contributed by atoms with Crippen molar-refractivity contribution in [1.29, 1.82) is 0 Å². The maximum Gasteiger partial charge on any atom is 0.339 e. The van der Waals surface area contributed by atoms with Crippen LogP contribution in [-0.4, -0.2) is 25.8 Å². The summed E-state index contributed by atoms with van der Waals surface area (Å²) in [4.78, 5) is 20.9. The Kier molecular flexibility index (Phi) is 3.47. The molecule has 2 aromatic rings. The second kappa shape index (κ2) is 5.08. The predicted octanol–water partition coefficient (Wildman–Crippen LogP) is 1.99. The number of rotatable bonds is 4. The van der Waals surface area contributed by atoms with Gasteiger partial charge in [-0.3, -0.25) is 14.8 Å². The fourth-order valence-electron chi connectivity index (χ4n) is 1.82. The highest BCUT2D eigenvalue weighted by Gasteiger charge is 2.15. The molecule has 0 aliphatic heterocycles. The summed E-state index contributed by atoms with van der Waals surface area (Å²) in [5.41, 5.74) is 0.406. The van der Waals surface area contributed by atoms with E-state index in [9.17, 15) is 19.3 Å². The van der Waals surface area contributed by atoms with E-state index in [-0.39, 0.29) is 17.8 Å². The fourth-order valence-corrected chi connectivity index (χ4v) is 1.82. The van der Waals surface area contributed by atoms with Crippen LogP contribution in [0.2, 0.25) is 0 Å². The third-order valence-electron chi connectivity index (χ3n) is 2.82. The van der Waals surface area contributed by atoms with Gasteiger partial charge in [0.25, 0.3) is 5.69 Å². The third-order valence-corrected chi connectivity index (χ3v) is 2.82. The van der Waals surface area contributed by atoms with Crippen molar-refractivity contribution in [3.8, 4) is 0 Å². The van der Waals surface area contributed by atoms with Crippen molar-refractivity contribution >= 4 is 11.7 Å². The molecular weight excluding hydrogens is 269 g/mol. The first kappa shape index (κ1) is 13.7. The second-order valence-corrected chi connectivity index (χ2v) is 4.18. The molecule has 0 saturated heterocycles. The molecule has 0 aliphatic carbocycles. The van der Waals surface area contributed by atoms with E-state index in [1.165, 1.54) is 16.9 Å². The molecule has 1 heterocycles. The number of hydrogen-bond donors (Lipinski definition) is 1. The summed E-state index contributed by atoms with van der Waals surface area (Å²) >= 11 is 0. The third kappa shape index (κ3) is 2.63. The summed E-state index contributed by atoms with van der Waals surface area (Å²) in [5, 5.41) is 23.4. The highest BCUT2D eigenvalue weighted by atomic mass is 19.1. The Morgan fingerprint density at radius 3 is 2.75 bits per heavy atom. The van der Waals surface area contributed by atoms with Gasteiger partial charge in [0.2, 0.25) is 0 Å². The van der Waals surface area contributed by atoms with Crippen LogP contribution in [0.5, 0.6) is 0 Å². The van der Waals surface area contributed by atoms with Crippen LogP contribution >= 0.6 is 0 Å². The second-order valence-electron chi connectivity index (χ2n) is 4.18. The van der Waals surface area contributed by atoms with Gasteiger partial charge in [-0.15, -0.1) is 0 Å². The molecule has 0 aliphatic rings. The lowest BCUT2D eigenvalue weighted by Crippen LogP contribution is -2.06. The minimum absolute atomic E-state index is 0.0379. The van der Waals surface area contributed by atoms with Crippen LogP contribution in [0.15, 0.2) is 24.4 Å². The Morgan fingerprint density at radius 1 is 1.50 bits per heavy atom. The Bertz CT molecular complexity index is 696. The average Bonchev–Trinajstić information content (AvgIpc) is 2.70. The van der Waals surface area contributed by atoms with Crippen LogP contribution in [0, 0.1) is 22.9 Å². The molecule has 0 spiro atoms. The van der Waals surface area contributed by atoms with Gasteiger partial charge in [0.05, 0.1) is 29.4 Å². The Hall–Kier alpha value is -2.77. The first-order valence-corrected chi connectivity index (χ1v) is 5.58. The highest BCUT2D eigenvalue weighted by molar-refractivity contribution is 5.88. The monoisotopic (exact) mass is 279 g/mol. The number of benzene rings is 1.